The second-order valence-corrected chi connectivity index (χ2v) is 4.05. The highest BCUT2D eigenvalue weighted by Crippen LogP contribution is 2.09. The number of rotatable bonds is 7. The highest BCUT2D eigenvalue weighted by molar-refractivity contribution is 7.98. The number of aliphatic carboxylic acids is 1. The average Bonchev–Trinajstić information content (AvgIpc) is 2.03. The zero-order chi connectivity index (χ0) is 10.3. The van der Waals surface area contributed by atoms with Gasteiger partial charge in [-0.15, -0.1) is 0 Å². The van der Waals surface area contributed by atoms with Gasteiger partial charge < -0.3 is 5.11 Å². The van der Waals surface area contributed by atoms with Crippen LogP contribution in [0.5, 0.6) is 0 Å². The number of carboxylic acid groups (broad SMARTS) is 1. The van der Waals surface area contributed by atoms with Crippen LogP contribution in [-0.2, 0) is 9.59 Å². The van der Waals surface area contributed by atoms with Crippen molar-refractivity contribution >= 4 is 23.5 Å². The summed E-state index contributed by atoms with van der Waals surface area (Å²) in [6.07, 6.45) is 3.31. The largest absolute Gasteiger partial charge is 0.481 e. The van der Waals surface area contributed by atoms with E-state index in [0.717, 1.165) is 12.2 Å². The van der Waals surface area contributed by atoms with Crippen LogP contribution in [0, 0.1) is 5.92 Å². The number of carbonyl (C=O) groups is 2. The number of carboxylic acids is 1. The summed E-state index contributed by atoms with van der Waals surface area (Å²) < 4.78 is 0. The van der Waals surface area contributed by atoms with E-state index in [4.69, 9.17) is 5.11 Å². The van der Waals surface area contributed by atoms with Crippen LogP contribution >= 0.6 is 11.8 Å². The van der Waals surface area contributed by atoms with E-state index in [1.165, 1.54) is 0 Å². The molecule has 4 heteroatoms. The van der Waals surface area contributed by atoms with Crippen LogP contribution in [-0.4, -0.2) is 28.9 Å². The van der Waals surface area contributed by atoms with Crippen molar-refractivity contribution in [3.63, 3.8) is 0 Å². The van der Waals surface area contributed by atoms with E-state index in [1.807, 2.05) is 6.26 Å². The zero-order valence-corrected chi connectivity index (χ0v) is 8.89. The third-order valence-electron chi connectivity index (χ3n) is 1.80. The summed E-state index contributed by atoms with van der Waals surface area (Å²) in [4.78, 5) is 21.6. The van der Waals surface area contributed by atoms with Crippen LogP contribution in [0.4, 0.5) is 0 Å². The molecule has 0 amide bonds. The molecule has 0 heterocycles. The van der Waals surface area contributed by atoms with E-state index < -0.39 is 5.97 Å². The van der Waals surface area contributed by atoms with Crippen molar-refractivity contribution in [1.29, 1.82) is 0 Å². The smallest absolute Gasteiger partial charge is 0.304 e. The number of hydrogen-bond acceptors (Lipinski definition) is 3. The lowest BCUT2D eigenvalue weighted by molar-refractivity contribution is -0.140. The van der Waals surface area contributed by atoms with Gasteiger partial charge in [0.1, 0.15) is 5.78 Å². The minimum atomic E-state index is -0.897. The summed E-state index contributed by atoms with van der Waals surface area (Å²) in [5.41, 5.74) is 0. The molecular formula is C9H16O3S. The zero-order valence-electron chi connectivity index (χ0n) is 8.08. The van der Waals surface area contributed by atoms with Crippen LogP contribution in [0.1, 0.15) is 26.2 Å². The Hall–Kier alpha value is -0.510. The molecule has 0 spiro atoms. The molecule has 0 rings (SSSR count). The summed E-state index contributed by atoms with van der Waals surface area (Å²) >= 11 is 1.70. The Morgan fingerprint density at radius 1 is 1.46 bits per heavy atom. The highest BCUT2D eigenvalue weighted by Gasteiger charge is 2.15. The van der Waals surface area contributed by atoms with Gasteiger partial charge in [0.05, 0.1) is 6.42 Å². The van der Waals surface area contributed by atoms with E-state index >= 15 is 0 Å². The van der Waals surface area contributed by atoms with Gasteiger partial charge in [-0.2, -0.15) is 11.8 Å². The predicted molar refractivity (Wildman–Crippen MR) is 54.0 cm³/mol. The monoisotopic (exact) mass is 204 g/mol. The van der Waals surface area contributed by atoms with Gasteiger partial charge in [-0.1, -0.05) is 6.92 Å². The van der Waals surface area contributed by atoms with Gasteiger partial charge in [-0.25, -0.2) is 0 Å². The Morgan fingerprint density at radius 2 is 2.08 bits per heavy atom. The van der Waals surface area contributed by atoms with Gasteiger partial charge in [-0.05, 0) is 18.4 Å². The highest BCUT2D eigenvalue weighted by atomic mass is 32.2. The fraction of sp³-hybridized carbons (Fsp3) is 0.778. The third kappa shape index (κ3) is 6.63. The topological polar surface area (TPSA) is 54.4 Å². The van der Waals surface area contributed by atoms with Gasteiger partial charge in [0.2, 0.25) is 0 Å². The molecule has 1 N–H and O–H groups in total. The second-order valence-electron chi connectivity index (χ2n) is 3.06. The van der Waals surface area contributed by atoms with Gasteiger partial charge in [0.25, 0.3) is 0 Å². The number of ketones is 1. The van der Waals surface area contributed by atoms with Gasteiger partial charge in [0, 0.05) is 12.3 Å². The molecule has 0 aliphatic rings. The number of Topliss-reactive ketones (excluding diaryl/α,β-unsaturated/α-hetero) is 1. The molecule has 0 bridgehead atoms. The molecule has 13 heavy (non-hydrogen) atoms. The van der Waals surface area contributed by atoms with Gasteiger partial charge in [0.15, 0.2) is 0 Å². The molecule has 0 saturated heterocycles. The minimum absolute atomic E-state index is 0.0436. The lowest BCUT2D eigenvalue weighted by atomic mass is 9.99. The van der Waals surface area contributed by atoms with Crippen molar-refractivity contribution in [2.45, 2.75) is 26.2 Å². The molecule has 1 atom stereocenters. The SMILES string of the molecule is CSCCCC(=O)C(C)CC(=O)O. The molecule has 0 fully saturated rings. The van der Waals surface area contributed by atoms with E-state index in [-0.39, 0.29) is 18.1 Å². The van der Waals surface area contributed by atoms with E-state index in [9.17, 15) is 9.59 Å². The maximum absolute atomic E-state index is 11.3. The fourth-order valence-corrected chi connectivity index (χ4v) is 1.45. The quantitative estimate of drug-likeness (QED) is 0.642. The molecule has 0 saturated carbocycles. The Balaban J connectivity index is 3.63. The first-order chi connectivity index (χ1) is 6.07. The molecule has 1 unspecified atom stereocenters. The van der Waals surface area contributed by atoms with Gasteiger partial charge >= 0.3 is 5.97 Å². The molecule has 0 radical (unpaired) electrons. The summed E-state index contributed by atoms with van der Waals surface area (Å²) in [6.45, 7) is 1.68. The number of thioether (sulfide) groups is 1. The van der Waals surface area contributed by atoms with Crippen LogP contribution in [0.15, 0.2) is 0 Å². The lowest BCUT2D eigenvalue weighted by Crippen LogP contribution is -2.15. The van der Waals surface area contributed by atoms with Crippen molar-refractivity contribution in [1.82, 2.24) is 0 Å². The minimum Gasteiger partial charge on any atom is -0.481 e. The third-order valence-corrected chi connectivity index (χ3v) is 2.50. The van der Waals surface area contributed by atoms with Crippen molar-refractivity contribution in [2.24, 2.45) is 5.92 Å². The van der Waals surface area contributed by atoms with E-state index in [2.05, 4.69) is 0 Å². The predicted octanol–water partition coefficient (Wildman–Crippen LogP) is 1.81. The summed E-state index contributed by atoms with van der Waals surface area (Å²) in [6, 6.07) is 0. The van der Waals surface area contributed by atoms with Crippen LogP contribution in [0.2, 0.25) is 0 Å². The molecule has 0 aliphatic carbocycles. The van der Waals surface area contributed by atoms with Crippen LogP contribution < -0.4 is 0 Å². The summed E-state index contributed by atoms with van der Waals surface area (Å²) in [7, 11) is 0. The first-order valence-electron chi connectivity index (χ1n) is 4.31. The molecule has 3 nitrogen and oxygen atoms in total. The second kappa shape index (κ2) is 6.95. The van der Waals surface area contributed by atoms with Crippen LogP contribution in [0.3, 0.4) is 0 Å². The number of carbonyl (C=O) groups excluding carboxylic acids is 1. The molecule has 0 aromatic carbocycles. The lowest BCUT2D eigenvalue weighted by Gasteiger charge is -2.06. The molecule has 0 aromatic rings. The van der Waals surface area contributed by atoms with Crippen molar-refractivity contribution in [3.05, 3.63) is 0 Å². The Morgan fingerprint density at radius 3 is 2.54 bits per heavy atom. The average molecular weight is 204 g/mol. The summed E-state index contributed by atoms with van der Waals surface area (Å²) in [5.74, 6) is -0.201. The maximum Gasteiger partial charge on any atom is 0.304 e. The van der Waals surface area contributed by atoms with Crippen molar-refractivity contribution < 1.29 is 14.7 Å². The molecule has 76 valence electrons. The standard InChI is InChI=1S/C9H16O3S/c1-7(6-9(11)12)8(10)4-3-5-13-2/h7H,3-6H2,1-2H3,(H,11,12). The molecule has 0 aliphatic heterocycles. The molecular weight excluding hydrogens is 188 g/mol. The number of hydrogen-bond donors (Lipinski definition) is 1. The first kappa shape index (κ1) is 12.5. The van der Waals surface area contributed by atoms with Crippen LogP contribution in [0.25, 0.3) is 0 Å². The molecule has 0 aromatic heterocycles. The first-order valence-corrected chi connectivity index (χ1v) is 5.70. The van der Waals surface area contributed by atoms with Gasteiger partial charge in [-0.3, -0.25) is 9.59 Å². The normalized spacial score (nSPS) is 12.5. The Kier molecular flexibility index (Phi) is 6.68. The summed E-state index contributed by atoms with van der Waals surface area (Å²) in [5, 5.41) is 8.45. The van der Waals surface area contributed by atoms with Crippen molar-refractivity contribution in [3.8, 4) is 0 Å². The van der Waals surface area contributed by atoms with E-state index in [0.29, 0.717) is 6.42 Å². The Bertz CT molecular complexity index is 180. The fourth-order valence-electron chi connectivity index (χ4n) is 1.01. The van der Waals surface area contributed by atoms with Crippen molar-refractivity contribution in [2.75, 3.05) is 12.0 Å². The maximum atomic E-state index is 11.3. The van der Waals surface area contributed by atoms with E-state index in [1.54, 1.807) is 18.7 Å². The Labute approximate surface area is 82.9 Å².